The molecule has 6 nitrogen and oxygen atoms in total. The average molecular weight is 458 g/mol. The molecule has 0 unspecified atom stereocenters. The van der Waals surface area contributed by atoms with Crippen LogP contribution >= 0.6 is 0 Å². The highest BCUT2D eigenvalue weighted by Gasteiger charge is 2.16. The maximum Gasteiger partial charge on any atom is 0.203 e. The fourth-order valence-corrected chi connectivity index (χ4v) is 3.72. The fourth-order valence-electron chi connectivity index (χ4n) is 3.72. The van der Waals surface area contributed by atoms with Crippen LogP contribution in [0.2, 0.25) is 0 Å². The molecule has 0 aliphatic carbocycles. The number of nitrogens with one attached hydrogen (secondary N) is 1. The number of aryl methyl sites for hydroxylation is 1. The van der Waals surface area contributed by atoms with Crippen molar-refractivity contribution in [3.05, 3.63) is 65.3 Å². The SMILES string of the molecule is Cc1ccc(C(=O)Cn2c(=N)n(CCN3CCOCC3)c3ccccc32)cc1.[Br-]. The van der Waals surface area contributed by atoms with Crippen LogP contribution in [0.15, 0.2) is 48.5 Å². The Balaban J connectivity index is 0.00000240. The number of para-hydroxylation sites is 2. The lowest BCUT2D eigenvalue weighted by atomic mass is 10.1. The van der Waals surface area contributed by atoms with E-state index in [1.54, 1.807) is 0 Å². The summed E-state index contributed by atoms with van der Waals surface area (Å²) in [6.45, 7) is 7.18. The van der Waals surface area contributed by atoms with Crippen LogP contribution in [0.3, 0.4) is 0 Å². The van der Waals surface area contributed by atoms with Crippen LogP contribution in [-0.2, 0) is 17.8 Å². The quantitative estimate of drug-likeness (QED) is 0.505. The lowest BCUT2D eigenvalue weighted by Crippen LogP contribution is -3.00. The van der Waals surface area contributed by atoms with Crippen LogP contribution in [0.4, 0.5) is 0 Å². The van der Waals surface area contributed by atoms with Gasteiger partial charge in [-0.2, -0.15) is 0 Å². The number of imidazole rings is 1. The third-order valence-electron chi connectivity index (χ3n) is 5.39. The van der Waals surface area contributed by atoms with Gasteiger partial charge in [-0.3, -0.25) is 15.1 Å². The summed E-state index contributed by atoms with van der Waals surface area (Å²) in [7, 11) is 0. The van der Waals surface area contributed by atoms with E-state index in [-0.39, 0.29) is 29.3 Å². The van der Waals surface area contributed by atoms with E-state index in [9.17, 15) is 4.79 Å². The summed E-state index contributed by atoms with van der Waals surface area (Å²) in [5.41, 5.74) is 4.11. The van der Waals surface area contributed by atoms with Gasteiger partial charge < -0.3 is 30.9 Å². The highest BCUT2D eigenvalue weighted by molar-refractivity contribution is 5.96. The van der Waals surface area contributed by atoms with Gasteiger partial charge in [0.25, 0.3) is 0 Å². The van der Waals surface area contributed by atoms with Gasteiger partial charge in [-0.15, -0.1) is 0 Å². The molecule has 1 aliphatic heterocycles. The Bertz CT molecular complexity index is 1030. The first-order valence-electron chi connectivity index (χ1n) is 9.76. The van der Waals surface area contributed by atoms with Crippen molar-refractivity contribution in [3.63, 3.8) is 0 Å². The molecule has 0 bridgehead atoms. The number of Topliss-reactive ketones (excluding diaryl/α,β-unsaturated/α-hetero) is 1. The Kier molecular flexibility index (Phi) is 7.05. The Labute approximate surface area is 181 Å². The van der Waals surface area contributed by atoms with Crippen molar-refractivity contribution in [1.29, 1.82) is 5.41 Å². The van der Waals surface area contributed by atoms with Crippen LogP contribution in [0, 0.1) is 12.3 Å². The molecule has 1 aromatic heterocycles. The van der Waals surface area contributed by atoms with Crippen molar-refractivity contribution in [3.8, 4) is 0 Å². The second kappa shape index (κ2) is 9.52. The lowest BCUT2D eigenvalue weighted by molar-refractivity contribution is -0.0000154. The van der Waals surface area contributed by atoms with Gasteiger partial charge in [-0.1, -0.05) is 42.0 Å². The normalized spacial score (nSPS) is 14.7. The molecule has 0 spiro atoms. The van der Waals surface area contributed by atoms with E-state index in [0.717, 1.165) is 56.0 Å². The number of fused-ring (bicyclic) bond motifs is 1. The highest BCUT2D eigenvalue weighted by Crippen LogP contribution is 2.14. The summed E-state index contributed by atoms with van der Waals surface area (Å²) < 4.78 is 9.24. The van der Waals surface area contributed by atoms with Gasteiger partial charge in [-0.05, 0) is 19.1 Å². The van der Waals surface area contributed by atoms with E-state index >= 15 is 0 Å². The van der Waals surface area contributed by atoms with Crippen molar-refractivity contribution in [2.75, 3.05) is 32.8 Å². The summed E-state index contributed by atoms with van der Waals surface area (Å²) in [5, 5.41) is 8.71. The number of hydrogen-bond acceptors (Lipinski definition) is 4. The minimum absolute atomic E-state index is 0. The number of halogens is 1. The standard InChI is InChI=1S/C22H26N4O2.BrH/c1-17-6-8-18(9-7-17)21(27)16-26-20-5-3-2-4-19(20)25(22(26)23)11-10-24-12-14-28-15-13-24;/h2-9,23H,10-16H2,1H3;1H/p-1. The fraction of sp³-hybridized carbons (Fsp3) is 0.364. The van der Waals surface area contributed by atoms with Crippen LogP contribution in [0.5, 0.6) is 0 Å². The topological polar surface area (TPSA) is 63.2 Å². The van der Waals surface area contributed by atoms with E-state index in [1.165, 1.54) is 0 Å². The Morgan fingerprint density at radius 2 is 1.59 bits per heavy atom. The maximum absolute atomic E-state index is 12.8. The molecule has 2 heterocycles. The van der Waals surface area contributed by atoms with E-state index in [4.69, 9.17) is 10.1 Å². The predicted octanol–water partition coefficient (Wildman–Crippen LogP) is -0.550. The maximum atomic E-state index is 12.8. The molecule has 1 fully saturated rings. The molecule has 7 heteroatoms. The summed E-state index contributed by atoms with van der Waals surface area (Å²) >= 11 is 0. The highest BCUT2D eigenvalue weighted by atomic mass is 79.9. The first kappa shape index (κ1) is 21.5. The van der Waals surface area contributed by atoms with Crippen molar-refractivity contribution < 1.29 is 26.5 Å². The number of rotatable bonds is 6. The van der Waals surface area contributed by atoms with Crippen molar-refractivity contribution >= 4 is 16.8 Å². The summed E-state index contributed by atoms with van der Waals surface area (Å²) in [6.07, 6.45) is 0. The minimum Gasteiger partial charge on any atom is -1.00 e. The molecule has 0 amide bonds. The number of hydrogen-bond donors (Lipinski definition) is 1. The number of carbonyl (C=O) groups is 1. The first-order valence-corrected chi connectivity index (χ1v) is 9.76. The van der Waals surface area contributed by atoms with E-state index < -0.39 is 0 Å². The number of ether oxygens (including phenoxy) is 1. The summed E-state index contributed by atoms with van der Waals surface area (Å²) in [5.74, 6) is 0.0228. The number of aromatic nitrogens is 2. The zero-order chi connectivity index (χ0) is 19.5. The van der Waals surface area contributed by atoms with Gasteiger partial charge >= 0.3 is 0 Å². The van der Waals surface area contributed by atoms with Crippen molar-refractivity contribution in [1.82, 2.24) is 14.0 Å². The van der Waals surface area contributed by atoms with Crippen LogP contribution < -0.4 is 22.6 Å². The van der Waals surface area contributed by atoms with E-state index in [1.807, 2.05) is 64.6 Å². The molecule has 1 aliphatic rings. The van der Waals surface area contributed by atoms with Gasteiger partial charge in [0.15, 0.2) is 5.78 Å². The molecule has 3 aromatic rings. The lowest BCUT2D eigenvalue weighted by Gasteiger charge is -2.26. The monoisotopic (exact) mass is 457 g/mol. The third-order valence-corrected chi connectivity index (χ3v) is 5.39. The average Bonchev–Trinajstić information content (AvgIpc) is 2.99. The van der Waals surface area contributed by atoms with Crippen molar-refractivity contribution in [2.24, 2.45) is 0 Å². The van der Waals surface area contributed by atoms with Gasteiger partial charge in [0.2, 0.25) is 5.62 Å². The van der Waals surface area contributed by atoms with Crippen LogP contribution in [-0.4, -0.2) is 52.7 Å². The van der Waals surface area contributed by atoms with Gasteiger partial charge in [0.05, 0.1) is 30.8 Å². The predicted molar refractivity (Wildman–Crippen MR) is 109 cm³/mol. The van der Waals surface area contributed by atoms with E-state index in [2.05, 4.69) is 4.90 Å². The zero-order valence-electron chi connectivity index (χ0n) is 16.6. The number of nitrogens with zero attached hydrogens (tertiary/aromatic N) is 3. The van der Waals surface area contributed by atoms with E-state index in [0.29, 0.717) is 11.2 Å². The van der Waals surface area contributed by atoms with Gasteiger partial charge in [-0.25, -0.2) is 0 Å². The molecule has 154 valence electrons. The van der Waals surface area contributed by atoms with Crippen molar-refractivity contribution in [2.45, 2.75) is 20.0 Å². The van der Waals surface area contributed by atoms with Gasteiger partial charge in [0.1, 0.15) is 0 Å². The van der Waals surface area contributed by atoms with Crippen LogP contribution in [0.25, 0.3) is 11.0 Å². The molecule has 1 saturated heterocycles. The molecule has 0 atom stereocenters. The number of ketones is 1. The molecular formula is C22H26BrN4O2-. The molecule has 29 heavy (non-hydrogen) atoms. The minimum atomic E-state index is 0. The molecule has 1 N–H and O–H groups in total. The second-order valence-corrected chi connectivity index (χ2v) is 7.29. The molecular weight excluding hydrogens is 432 g/mol. The molecule has 2 aromatic carbocycles. The van der Waals surface area contributed by atoms with Crippen LogP contribution in [0.1, 0.15) is 15.9 Å². The Morgan fingerprint density at radius 3 is 2.24 bits per heavy atom. The number of morpholine rings is 1. The summed E-state index contributed by atoms with van der Waals surface area (Å²) in [6, 6.07) is 15.6. The molecule has 0 saturated carbocycles. The Morgan fingerprint density at radius 1 is 0.966 bits per heavy atom. The first-order chi connectivity index (χ1) is 13.6. The second-order valence-electron chi connectivity index (χ2n) is 7.29. The summed E-state index contributed by atoms with van der Waals surface area (Å²) in [4.78, 5) is 15.2. The smallest absolute Gasteiger partial charge is 0.203 e. The third kappa shape index (κ3) is 4.69. The number of benzene rings is 2. The zero-order valence-corrected chi connectivity index (χ0v) is 18.2. The Hall–Kier alpha value is -2.22. The largest absolute Gasteiger partial charge is 1.00 e. The molecule has 4 rings (SSSR count). The molecule has 0 radical (unpaired) electrons. The number of carbonyl (C=O) groups excluding carboxylic acids is 1. The van der Waals surface area contributed by atoms with Gasteiger partial charge in [0, 0.05) is 31.7 Å².